The second kappa shape index (κ2) is 5.92. The van der Waals surface area contributed by atoms with Crippen LogP contribution >= 0.6 is 0 Å². The van der Waals surface area contributed by atoms with E-state index in [2.05, 4.69) is 15.3 Å². The fourth-order valence-electron chi connectivity index (χ4n) is 2.10. The zero-order valence-electron chi connectivity index (χ0n) is 11.6. The summed E-state index contributed by atoms with van der Waals surface area (Å²) in [6, 6.07) is 7.58. The fraction of sp³-hybridized carbons (Fsp3) is 0.357. The molecule has 0 bridgehead atoms. The number of rotatable bonds is 7. The third-order valence-corrected chi connectivity index (χ3v) is 3.29. The number of para-hydroxylation sites is 2. The highest BCUT2D eigenvalue weighted by Crippen LogP contribution is 2.12. The van der Waals surface area contributed by atoms with Gasteiger partial charge in [0.15, 0.2) is 0 Å². The largest absolute Gasteiger partial charge is 0.481 e. The van der Waals surface area contributed by atoms with E-state index >= 15 is 0 Å². The van der Waals surface area contributed by atoms with Gasteiger partial charge >= 0.3 is 11.9 Å². The first-order chi connectivity index (χ1) is 9.90. The number of aliphatic carboxylic acids is 2. The molecule has 1 atom stereocenters. The topological polar surface area (TPSA) is 115 Å². The van der Waals surface area contributed by atoms with Gasteiger partial charge in [-0.15, -0.1) is 0 Å². The first-order valence-corrected chi connectivity index (χ1v) is 6.54. The van der Waals surface area contributed by atoms with Gasteiger partial charge in [0, 0.05) is 13.0 Å². The Morgan fingerprint density at radius 3 is 2.67 bits per heavy atom. The molecule has 7 heteroatoms. The van der Waals surface area contributed by atoms with Crippen molar-refractivity contribution >= 4 is 23.0 Å². The van der Waals surface area contributed by atoms with Crippen LogP contribution in [0.5, 0.6) is 0 Å². The number of aromatic amines is 1. The third kappa shape index (κ3) is 3.57. The number of nitrogens with one attached hydrogen (secondary N) is 2. The maximum Gasteiger partial charge on any atom is 0.324 e. The highest BCUT2D eigenvalue weighted by molar-refractivity contribution is 5.84. The van der Waals surface area contributed by atoms with Gasteiger partial charge in [-0.1, -0.05) is 12.1 Å². The first-order valence-electron chi connectivity index (χ1n) is 6.54. The van der Waals surface area contributed by atoms with Gasteiger partial charge in [-0.3, -0.25) is 9.59 Å². The number of benzene rings is 1. The second-order valence-electron chi connectivity index (χ2n) is 5.09. The molecule has 21 heavy (non-hydrogen) atoms. The number of carbonyl (C=O) groups is 2. The normalized spacial score (nSPS) is 14.0. The Hall–Kier alpha value is -2.41. The Balaban J connectivity index is 1.98. The number of fused-ring (bicyclic) bond motifs is 1. The number of hydrogen-bond donors (Lipinski definition) is 4. The summed E-state index contributed by atoms with van der Waals surface area (Å²) in [4.78, 5) is 29.5. The molecule has 0 saturated carbocycles. The molecule has 2 rings (SSSR count). The van der Waals surface area contributed by atoms with Crippen LogP contribution in [0.25, 0.3) is 11.0 Å². The van der Waals surface area contributed by atoms with Crippen LogP contribution in [0.4, 0.5) is 0 Å². The third-order valence-electron chi connectivity index (χ3n) is 3.29. The maximum atomic E-state index is 11.2. The van der Waals surface area contributed by atoms with Crippen molar-refractivity contribution in [2.75, 3.05) is 6.54 Å². The number of carboxylic acid groups (broad SMARTS) is 2. The van der Waals surface area contributed by atoms with E-state index in [1.807, 2.05) is 24.3 Å². The van der Waals surface area contributed by atoms with Crippen LogP contribution in [0.1, 0.15) is 19.2 Å². The lowest BCUT2D eigenvalue weighted by Crippen LogP contribution is -2.51. The van der Waals surface area contributed by atoms with Crippen molar-refractivity contribution in [1.82, 2.24) is 15.3 Å². The molecule has 112 valence electrons. The minimum absolute atomic E-state index is 0.315. The summed E-state index contributed by atoms with van der Waals surface area (Å²) in [6.07, 6.45) is -0.000364. The molecule has 0 aliphatic rings. The van der Waals surface area contributed by atoms with Gasteiger partial charge < -0.3 is 20.5 Å². The van der Waals surface area contributed by atoms with Gasteiger partial charge in [0.1, 0.15) is 11.4 Å². The number of carboxylic acids is 2. The van der Waals surface area contributed by atoms with E-state index < -0.39 is 23.9 Å². The monoisotopic (exact) mass is 291 g/mol. The summed E-state index contributed by atoms with van der Waals surface area (Å²) in [5.41, 5.74) is 0.274. The summed E-state index contributed by atoms with van der Waals surface area (Å²) < 4.78 is 0. The van der Waals surface area contributed by atoms with Crippen LogP contribution < -0.4 is 5.32 Å². The van der Waals surface area contributed by atoms with Gasteiger partial charge in [0.2, 0.25) is 0 Å². The number of H-pyrrole nitrogens is 1. The summed E-state index contributed by atoms with van der Waals surface area (Å²) in [7, 11) is 0. The van der Waals surface area contributed by atoms with Crippen molar-refractivity contribution in [2.24, 2.45) is 0 Å². The maximum absolute atomic E-state index is 11.2. The van der Waals surface area contributed by atoms with Crippen molar-refractivity contribution in [3.05, 3.63) is 30.1 Å². The van der Waals surface area contributed by atoms with Crippen LogP contribution in [0, 0.1) is 0 Å². The van der Waals surface area contributed by atoms with Crippen LogP contribution in [-0.2, 0) is 16.0 Å². The smallest absolute Gasteiger partial charge is 0.324 e. The molecule has 1 unspecified atom stereocenters. The molecule has 1 aromatic carbocycles. The molecule has 2 aromatic rings. The standard InChI is InChI=1S/C14H17N3O4/c1-14(13(20)21,8-12(18)19)15-7-6-11-16-9-4-2-3-5-10(9)17-11/h2-5,15H,6-8H2,1H3,(H,16,17)(H,18,19)(H,20,21). The summed E-state index contributed by atoms with van der Waals surface area (Å²) in [6.45, 7) is 1.68. The van der Waals surface area contributed by atoms with E-state index in [9.17, 15) is 9.59 Å². The molecular formula is C14H17N3O4. The van der Waals surface area contributed by atoms with E-state index in [0.29, 0.717) is 13.0 Å². The van der Waals surface area contributed by atoms with E-state index in [1.165, 1.54) is 6.92 Å². The molecule has 0 saturated heterocycles. The zero-order chi connectivity index (χ0) is 15.5. The van der Waals surface area contributed by atoms with Gasteiger partial charge in [0.05, 0.1) is 17.5 Å². The second-order valence-corrected chi connectivity index (χ2v) is 5.09. The number of hydrogen-bond acceptors (Lipinski definition) is 4. The zero-order valence-corrected chi connectivity index (χ0v) is 11.6. The minimum atomic E-state index is -1.49. The number of nitrogens with zero attached hydrogens (tertiary/aromatic N) is 1. The molecule has 0 fully saturated rings. The van der Waals surface area contributed by atoms with Crippen molar-refractivity contribution in [1.29, 1.82) is 0 Å². The molecule has 0 spiro atoms. The van der Waals surface area contributed by atoms with Crippen molar-refractivity contribution in [3.8, 4) is 0 Å². The molecule has 0 amide bonds. The molecule has 4 N–H and O–H groups in total. The van der Waals surface area contributed by atoms with E-state index in [-0.39, 0.29) is 0 Å². The predicted molar refractivity (Wildman–Crippen MR) is 76.1 cm³/mol. The molecule has 7 nitrogen and oxygen atoms in total. The van der Waals surface area contributed by atoms with Crippen LogP contribution in [0.15, 0.2) is 24.3 Å². The van der Waals surface area contributed by atoms with Gasteiger partial charge in [-0.05, 0) is 19.1 Å². The molecule has 1 heterocycles. The van der Waals surface area contributed by atoms with Crippen molar-refractivity contribution < 1.29 is 19.8 Å². The summed E-state index contributed by atoms with van der Waals surface area (Å²) >= 11 is 0. The van der Waals surface area contributed by atoms with Crippen LogP contribution in [-0.4, -0.2) is 44.2 Å². The Morgan fingerprint density at radius 1 is 1.33 bits per heavy atom. The fourth-order valence-corrected chi connectivity index (χ4v) is 2.10. The first kappa shape index (κ1) is 15.0. The lowest BCUT2D eigenvalue weighted by molar-refractivity contribution is -0.150. The Bertz CT molecular complexity index is 634. The van der Waals surface area contributed by atoms with Crippen molar-refractivity contribution in [3.63, 3.8) is 0 Å². The average molecular weight is 291 g/mol. The molecule has 0 radical (unpaired) electrons. The Morgan fingerprint density at radius 2 is 2.05 bits per heavy atom. The predicted octanol–water partition coefficient (Wildman–Crippen LogP) is 1.01. The molecule has 0 aliphatic carbocycles. The Kier molecular flexibility index (Phi) is 4.23. The van der Waals surface area contributed by atoms with E-state index in [0.717, 1.165) is 16.9 Å². The van der Waals surface area contributed by atoms with Gasteiger partial charge in [-0.2, -0.15) is 0 Å². The molecule has 0 aliphatic heterocycles. The van der Waals surface area contributed by atoms with Gasteiger partial charge in [-0.25, -0.2) is 4.98 Å². The van der Waals surface area contributed by atoms with E-state index in [1.54, 1.807) is 0 Å². The lowest BCUT2D eigenvalue weighted by Gasteiger charge is -2.24. The average Bonchev–Trinajstić information content (AvgIpc) is 2.80. The minimum Gasteiger partial charge on any atom is -0.481 e. The lowest BCUT2D eigenvalue weighted by atomic mass is 9.98. The molecule has 1 aromatic heterocycles. The number of aromatic nitrogens is 2. The van der Waals surface area contributed by atoms with Gasteiger partial charge in [0.25, 0.3) is 0 Å². The highest BCUT2D eigenvalue weighted by atomic mass is 16.4. The summed E-state index contributed by atoms with van der Waals surface area (Å²) in [5, 5.41) is 20.7. The Labute approximate surface area is 121 Å². The number of imidazole rings is 1. The van der Waals surface area contributed by atoms with E-state index in [4.69, 9.17) is 10.2 Å². The highest BCUT2D eigenvalue weighted by Gasteiger charge is 2.35. The SMILES string of the molecule is CC(CC(=O)O)(NCCc1nc2ccccc2[nH]1)C(=O)O. The van der Waals surface area contributed by atoms with Crippen LogP contribution in [0.2, 0.25) is 0 Å². The quantitative estimate of drug-likeness (QED) is 0.605. The molecular weight excluding hydrogens is 274 g/mol. The van der Waals surface area contributed by atoms with Crippen molar-refractivity contribution in [2.45, 2.75) is 25.3 Å². The van der Waals surface area contributed by atoms with Crippen LogP contribution in [0.3, 0.4) is 0 Å². The summed E-state index contributed by atoms with van der Waals surface area (Å²) in [5.74, 6) is -1.61.